The quantitative estimate of drug-likeness (QED) is 0.603. The Kier molecular flexibility index (Phi) is 5.06. The predicted molar refractivity (Wildman–Crippen MR) is 110 cm³/mol. The number of piperidine rings is 1. The minimum absolute atomic E-state index is 0.0522. The molecule has 1 aliphatic heterocycles. The minimum Gasteiger partial charge on any atom is -0.467 e. The van der Waals surface area contributed by atoms with E-state index in [0.29, 0.717) is 23.7 Å². The van der Waals surface area contributed by atoms with Crippen LogP contribution in [0.1, 0.15) is 34.3 Å². The summed E-state index contributed by atoms with van der Waals surface area (Å²) in [5, 5.41) is 1.37. The molecule has 0 bridgehead atoms. The Hall–Kier alpha value is -2.11. The van der Waals surface area contributed by atoms with Gasteiger partial charge in [0, 0.05) is 36.5 Å². The van der Waals surface area contributed by atoms with Crippen LogP contribution < -0.4 is 4.74 Å². The van der Waals surface area contributed by atoms with Crippen LogP contribution >= 0.6 is 22.9 Å². The molecule has 0 aliphatic carbocycles. The zero-order valence-corrected chi connectivity index (χ0v) is 16.9. The first-order chi connectivity index (χ1) is 13.0. The molecule has 1 fully saturated rings. The SMILES string of the molecule is Cc1ccc(C)c2sc(OC3CCN(C(=O)c4ccc(Cl)cc4)CC3)nc12. The molecule has 0 unspecified atom stereocenters. The van der Waals surface area contributed by atoms with Gasteiger partial charge in [0.25, 0.3) is 11.1 Å². The predicted octanol–water partition coefficient (Wildman–Crippen LogP) is 5.25. The monoisotopic (exact) mass is 400 g/mol. The van der Waals surface area contributed by atoms with Crippen molar-refractivity contribution in [2.24, 2.45) is 0 Å². The Morgan fingerprint density at radius 3 is 2.44 bits per heavy atom. The molecule has 3 aromatic rings. The molecule has 0 N–H and O–H groups in total. The summed E-state index contributed by atoms with van der Waals surface area (Å²) in [5.41, 5.74) is 4.11. The highest BCUT2D eigenvalue weighted by Crippen LogP contribution is 2.33. The number of aromatic nitrogens is 1. The molecule has 140 valence electrons. The fourth-order valence-corrected chi connectivity index (χ4v) is 4.54. The molecule has 0 spiro atoms. The number of ether oxygens (including phenoxy) is 1. The van der Waals surface area contributed by atoms with Crippen LogP contribution in [0.2, 0.25) is 5.02 Å². The van der Waals surface area contributed by atoms with Crippen molar-refractivity contribution >= 4 is 39.1 Å². The number of hydrogen-bond donors (Lipinski definition) is 0. The first-order valence-electron chi connectivity index (χ1n) is 9.09. The molecule has 2 aromatic carbocycles. The average Bonchev–Trinajstić information content (AvgIpc) is 3.11. The van der Waals surface area contributed by atoms with Gasteiger partial charge in [-0.15, -0.1) is 0 Å². The van der Waals surface area contributed by atoms with Crippen molar-refractivity contribution < 1.29 is 9.53 Å². The zero-order chi connectivity index (χ0) is 19.0. The van der Waals surface area contributed by atoms with Crippen LogP contribution in [0.15, 0.2) is 36.4 Å². The number of amides is 1. The number of thiazole rings is 1. The van der Waals surface area contributed by atoms with E-state index in [4.69, 9.17) is 16.3 Å². The van der Waals surface area contributed by atoms with E-state index in [0.717, 1.165) is 23.6 Å². The number of halogens is 1. The van der Waals surface area contributed by atoms with Crippen LogP contribution in [0.3, 0.4) is 0 Å². The van der Waals surface area contributed by atoms with Crippen LogP contribution in [0.25, 0.3) is 10.2 Å². The second kappa shape index (κ2) is 7.49. The van der Waals surface area contributed by atoms with E-state index in [2.05, 4.69) is 31.0 Å². The van der Waals surface area contributed by atoms with E-state index in [-0.39, 0.29) is 12.0 Å². The lowest BCUT2D eigenvalue weighted by Gasteiger charge is -2.31. The lowest BCUT2D eigenvalue weighted by Crippen LogP contribution is -2.41. The van der Waals surface area contributed by atoms with Crippen molar-refractivity contribution in [1.82, 2.24) is 9.88 Å². The molecule has 0 atom stereocenters. The molecule has 0 radical (unpaired) electrons. The first kappa shape index (κ1) is 18.3. The van der Waals surface area contributed by atoms with Gasteiger partial charge in [0.1, 0.15) is 6.10 Å². The van der Waals surface area contributed by atoms with Crippen molar-refractivity contribution in [1.29, 1.82) is 0 Å². The summed E-state index contributed by atoms with van der Waals surface area (Å²) in [4.78, 5) is 19.2. The number of aryl methyl sites for hydroxylation is 2. The second-order valence-electron chi connectivity index (χ2n) is 6.97. The van der Waals surface area contributed by atoms with Crippen molar-refractivity contribution in [2.75, 3.05) is 13.1 Å². The lowest BCUT2D eigenvalue weighted by molar-refractivity contribution is 0.0595. The second-order valence-corrected chi connectivity index (χ2v) is 8.37. The van der Waals surface area contributed by atoms with Crippen molar-refractivity contribution in [3.8, 4) is 5.19 Å². The smallest absolute Gasteiger partial charge is 0.274 e. The highest BCUT2D eigenvalue weighted by molar-refractivity contribution is 7.20. The average molecular weight is 401 g/mol. The summed E-state index contributed by atoms with van der Waals surface area (Å²) in [6, 6.07) is 11.3. The summed E-state index contributed by atoms with van der Waals surface area (Å²) in [6.45, 7) is 5.56. The van der Waals surface area contributed by atoms with Crippen LogP contribution in [-0.2, 0) is 0 Å². The van der Waals surface area contributed by atoms with Gasteiger partial charge in [-0.3, -0.25) is 4.79 Å². The third-order valence-electron chi connectivity index (χ3n) is 5.01. The van der Waals surface area contributed by atoms with Crippen molar-refractivity contribution in [3.05, 3.63) is 58.1 Å². The van der Waals surface area contributed by atoms with E-state index < -0.39 is 0 Å². The number of likely N-dealkylation sites (tertiary alicyclic amines) is 1. The van der Waals surface area contributed by atoms with Gasteiger partial charge in [-0.25, -0.2) is 4.98 Å². The molecule has 1 amide bonds. The van der Waals surface area contributed by atoms with Gasteiger partial charge in [-0.2, -0.15) is 0 Å². The Labute approximate surface area is 167 Å². The molecule has 2 heterocycles. The summed E-state index contributed by atoms with van der Waals surface area (Å²) < 4.78 is 7.35. The summed E-state index contributed by atoms with van der Waals surface area (Å²) in [6.07, 6.45) is 1.72. The third-order valence-corrected chi connectivity index (χ3v) is 6.34. The van der Waals surface area contributed by atoms with Gasteiger partial charge >= 0.3 is 0 Å². The molecule has 4 nitrogen and oxygen atoms in total. The Bertz CT molecular complexity index is 937. The molecule has 1 aromatic heterocycles. The van der Waals surface area contributed by atoms with E-state index in [1.54, 1.807) is 35.6 Å². The maximum Gasteiger partial charge on any atom is 0.274 e. The topological polar surface area (TPSA) is 42.4 Å². The molecule has 1 aliphatic rings. The van der Waals surface area contributed by atoms with E-state index >= 15 is 0 Å². The van der Waals surface area contributed by atoms with Gasteiger partial charge < -0.3 is 9.64 Å². The molecule has 27 heavy (non-hydrogen) atoms. The summed E-state index contributed by atoms with van der Waals surface area (Å²) in [7, 11) is 0. The van der Waals surface area contributed by atoms with E-state index in [1.165, 1.54) is 15.8 Å². The largest absolute Gasteiger partial charge is 0.467 e. The summed E-state index contributed by atoms with van der Waals surface area (Å²) in [5.74, 6) is 0.0522. The lowest BCUT2D eigenvalue weighted by atomic mass is 10.1. The van der Waals surface area contributed by atoms with Gasteiger partial charge in [0.2, 0.25) is 0 Å². The van der Waals surface area contributed by atoms with Gasteiger partial charge in [-0.05, 0) is 49.2 Å². The highest BCUT2D eigenvalue weighted by atomic mass is 35.5. The molecule has 0 saturated carbocycles. The molecular formula is C21H21ClN2O2S. The third kappa shape index (κ3) is 3.80. The highest BCUT2D eigenvalue weighted by Gasteiger charge is 2.25. The van der Waals surface area contributed by atoms with Crippen molar-refractivity contribution in [3.63, 3.8) is 0 Å². The minimum atomic E-state index is 0.0522. The van der Waals surface area contributed by atoms with Crippen LogP contribution in [-0.4, -0.2) is 35.0 Å². The number of carbonyl (C=O) groups excluding carboxylic acids is 1. The number of rotatable bonds is 3. The Balaban J connectivity index is 1.40. The fraction of sp³-hybridized carbons (Fsp3) is 0.333. The van der Waals surface area contributed by atoms with Gasteiger partial charge in [0.05, 0.1) is 10.2 Å². The number of carbonyl (C=O) groups is 1. The fourth-order valence-electron chi connectivity index (χ4n) is 3.38. The summed E-state index contributed by atoms with van der Waals surface area (Å²) >= 11 is 7.51. The van der Waals surface area contributed by atoms with Crippen molar-refractivity contribution in [2.45, 2.75) is 32.8 Å². The standard InChI is InChI=1S/C21H21ClN2O2S/c1-13-3-4-14(2)19-18(13)23-21(27-19)26-17-9-11-24(12-10-17)20(25)15-5-7-16(22)8-6-15/h3-8,17H,9-12H2,1-2H3. The Morgan fingerprint density at radius 2 is 1.78 bits per heavy atom. The number of nitrogens with zero attached hydrogens (tertiary/aromatic N) is 2. The molecule has 4 rings (SSSR count). The van der Waals surface area contributed by atoms with Crippen LogP contribution in [0.5, 0.6) is 5.19 Å². The number of hydrogen-bond acceptors (Lipinski definition) is 4. The number of fused-ring (bicyclic) bond motifs is 1. The van der Waals surface area contributed by atoms with Crippen LogP contribution in [0.4, 0.5) is 0 Å². The van der Waals surface area contributed by atoms with E-state index in [1.807, 2.05) is 4.90 Å². The Morgan fingerprint density at radius 1 is 1.11 bits per heavy atom. The maximum absolute atomic E-state index is 12.6. The molecule has 1 saturated heterocycles. The number of benzene rings is 2. The zero-order valence-electron chi connectivity index (χ0n) is 15.4. The first-order valence-corrected chi connectivity index (χ1v) is 10.3. The van der Waals surface area contributed by atoms with E-state index in [9.17, 15) is 4.79 Å². The van der Waals surface area contributed by atoms with Gasteiger partial charge in [0.15, 0.2) is 0 Å². The van der Waals surface area contributed by atoms with Gasteiger partial charge in [-0.1, -0.05) is 35.1 Å². The molecular weight excluding hydrogens is 380 g/mol. The van der Waals surface area contributed by atoms with Crippen LogP contribution in [0, 0.1) is 13.8 Å². The maximum atomic E-state index is 12.6. The molecule has 6 heteroatoms. The normalized spacial score (nSPS) is 15.3.